The fraction of sp³-hybridized carbons (Fsp3) is 0.500. The topological polar surface area (TPSA) is 23.8 Å². The van der Waals surface area contributed by atoms with Gasteiger partial charge < -0.3 is 0 Å². The van der Waals surface area contributed by atoms with Crippen molar-refractivity contribution in [2.45, 2.75) is 39.5 Å². The Morgan fingerprint density at radius 2 is 1.73 bits per heavy atom. The minimum atomic E-state index is -0.379. The highest BCUT2D eigenvalue weighted by atomic mass is 14.3. The van der Waals surface area contributed by atoms with Crippen molar-refractivity contribution >= 4 is 0 Å². The van der Waals surface area contributed by atoms with Crippen LogP contribution in [0.15, 0.2) is 24.3 Å². The van der Waals surface area contributed by atoms with E-state index in [1.54, 1.807) is 0 Å². The first-order valence-electron chi connectivity index (χ1n) is 5.46. The van der Waals surface area contributed by atoms with E-state index in [1.165, 1.54) is 5.56 Å². The predicted octanol–water partition coefficient (Wildman–Crippen LogP) is 3.69. The molecule has 0 aliphatic carbocycles. The molecule has 1 rings (SSSR count). The lowest BCUT2D eigenvalue weighted by atomic mass is 9.85. The average molecular weight is 201 g/mol. The molecule has 0 spiro atoms. The van der Waals surface area contributed by atoms with Gasteiger partial charge in [0.2, 0.25) is 0 Å². The minimum Gasteiger partial charge on any atom is -0.197 e. The fourth-order valence-electron chi connectivity index (χ4n) is 1.59. The van der Waals surface area contributed by atoms with E-state index >= 15 is 0 Å². The van der Waals surface area contributed by atoms with Gasteiger partial charge in [0.1, 0.15) is 0 Å². The minimum absolute atomic E-state index is 0.379. The van der Waals surface area contributed by atoms with Gasteiger partial charge in [-0.15, -0.1) is 0 Å². The van der Waals surface area contributed by atoms with Gasteiger partial charge in [-0.2, -0.15) is 5.26 Å². The first-order valence-corrected chi connectivity index (χ1v) is 5.46. The fourth-order valence-corrected chi connectivity index (χ4v) is 1.59. The number of benzene rings is 1. The molecular formula is C14H19N. The van der Waals surface area contributed by atoms with Crippen LogP contribution >= 0.6 is 0 Å². The van der Waals surface area contributed by atoms with E-state index in [0.29, 0.717) is 5.92 Å². The molecule has 1 nitrogen and oxygen atoms in total. The van der Waals surface area contributed by atoms with Gasteiger partial charge in [-0.05, 0) is 37.3 Å². The molecule has 0 saturated heterocycles. The summed E-state index contributed by atoms with van der Waals surface area (Å²) in [6.45, 7) is 8.33. The zero-order valence-electron chi connectivity index (χ0n) is 10.0. The van der Waals surface area contributed by atoms with E-state index in [-0.39, 0.29) is 5.41 Å². The molecule has 0 saturated carbocycles. The third-order valence-electron chi connectivity index (χ3n) is 2.60. The standard InChI is InChI=1S/C14H19N/c1-11(2)9-12-5-7-13(8-6-12)14(3,4)10-15/h5-8,11H,9H2,1-4H3. The molecule has 0 heterocycles. The lowest BCUT2D eigenvalue weighted by molar-refractivity contribution is 0.645. The maximum atomic E-state index is 9.01. The summed E-state index contributed by atoms with van der Waals surface area (Å²) >= 11 is 0. The van der Waals surface area contributed by atoms with Crippen LogP contribution in [0.4, 0.5) is 0 Å². The normalized spacial score (nSPS) is 11.5. The van der Waals surface area contributed by atoms with Crippen LogP contribution in [0, 0.1) is 17.2 Å². The van der Waals surface area contributed by atoms with Crippen molar-refractivity contribution in [3.63, 3.8) is 0 Å². The van der Waals surface area contributed by atoms with Crippen molar-refractivity contribution in [2.75, 3.05) is 0 Å². The van der Waals surface area contributed by atoms with Gasteiger partial charge in [0.15, 0.2) is 0 Å². The molecule has 0 unspecified atom stereocenters. The Bertz CT molecular complexity index is 352. The summed E-state index contributed by atoms with van der Waals surface area (Å²) in [6, 6.07) is 10.7. The maximum Gasteiger partial charge on any atom is 0.0766 e. The molecule has 0 bridgehead atoms. The highest BCUT2D eigenvalue weighted by Crippen LogP contribution is 2.22. The van der Waals surface area contributed by atoms with Crippen LogP contribution < -0.4 is 0 Å². The van der Waals surface area contributed by atoms with E-state index in [4.69, 9.17) is 5.26 Å². The Morgan fingerprint density at radius 3 is 2.13 bits per heavy atom. The van der Waals surface area contributed by atoms with Crippen LogP contribution in [0.3, 0.4) is 0 Å². The number of hydrogen-bond acceptors (Lipinski definition) is 1. The molecule has 0 aliphatic rings. The Morgan fingerprint density at radius 1 is 1.20 bits per heavy atom. The van der Waals surface area contributed by atoms with Gasteiger partial charge in [0.25, 0.3) is 0 Å². The van der Waals surface area contributed by atoms with Crippen molar-refractivity contribution in [1.82, 2.24) is 0 Å². The molecule has 1 aromatic carbocycles. The summed E-state index contributed by atoms with van der Waals surface area (Å²) in [5, 5.41) is 9.01. The SMILES string of the molecule is CC(C)Cc1ccc(C(C)(C)C#N)cc1. The second-order valence-electron chi connectivity index (χ2n) is 5.03. The van der Waals surface area contributed by atoms with Crippen LogP contribution in [0.25, 0.3) is 0 Å². The second-order valence-corrected chi connectivity index (χ2v) is 5.03. The Hall–Kier alpha value is -1.29. The number of nitriles is 1. The third kappa shape index (κ3) is 3.09. The molecule has 15 heavy (non-hydrogen) atoms. The number of rotatable bonds is 3. The third-order valence-corrected chi connectivity index (χ3v) is 2.60. The molecule has 0 radical (unpaired) electrons. The van der Waals surface area contributed by atoms with E-state index in [0.717, 1.165) is 12.0 Å². The number of nitrogens with zero attached hydrogens (tertiary/aromatic N) is 1. The van der Waals surface area contributed by atoms with Crippen molar-refractivity contribution in [1.29, 1.82) is 5.26 Å². The van der Waals surface area contributed by atoms with Gasteiger partial charge >= 0.3 is 0 Å². The van der Waals surface area contributed by atoms with Crippen molar-refractivity contribution in [3.05, 3.63) is 35.4 Å². The molecule has 0 aliphatic heterocycles. The summed E-state index contributed by atoms with van der Waals surface area (Å²) in [7, 11) is 0. The van der Waals surface area contributed by atoms with Gasteiger partial charge in [0.05, 0.1) is 11.5 Å². The van der Waals surface area contributed by atoms with Gasteiger partial charge in [-0.3, -0.25) is 0 Å². The summed E-state index contributed by atoms with van der Waals surface area (Å²) in [5.74, 6) is 0.680. The van der Waals surface area contributed by atoms with E-state index in [1.807, 2.05) is 13.8 Å². The van der Waals surface area contributed by atoms with Gasteiger partial charge in [-0.1, -0.05) is 38.1 Å². The van der Waals surface area contributed by atoms with Crippen molar-refractivity contribution < 1.29 is 0 Å². The summed E-state index contributed by atoms with van der Waals surface area (Å²) in [5.41, 5.74) is 2.07. The molecule has 0 amide bonds. The summed E-state index contributed by atoms with van der Waals surface area (Å²) in [6.07, 6.45) is 1.10. The molecule has 1 aromatic rings. The first kappa shape index (κ1) is 11.8. The van der Waals surface area contributed by atoms with Crippen LogP contribution in [-0.2, 0) is 11.8 Å². The molecule has 0 fully saturated rings. The lowest BCUT2D eigenvalue weighted by Crippen LogP contribution is -2.13. The van der Waals surface area contributed by atoms with E-state index < -0.39 is 0 Å². The number of hydrogen-bond donors (Lipinski definition) is 0. The molecule has 1 heteroatoms. The van der Waals surface area contributed by atoms with Gasteiger partial charge in [0, 0.05) is 0 Å². The van der Waals surface area contributed by atoms with Crippen LogP contribution in [0.2, 0.25) is 0 Å². The summed E-state index contributed by atoms with van der Waals surface area (Å²) in [4.78, 5) is 0. The average Bonchev–Trinajstić information content (AvgIpc) is 2.18. The molecule has 0 atom stereocenters. The van der Waals surface area contributed by atoms with Crippen LogP contribution in [0.5, 0.6) is 0 Å². The smallest absolute Gasteiger partial charge is 0.0766 e. The molecule has 80 valence electrons. The van der Waals surface area contributed by atoms with E-state index in [9.17, 15) is 0 Å². The highest BCUT2D eigenvalue weighted by Gasteiger charge is 2.18. The second kappa shape index (κ2) is 4.49. The lowest BCUT2D eigenvalue weighted by Gasteiger charge is -2.16. The zero-order valence-corrected chi connectivity index (χ0v) is 10.0. The molecule has 0 aromatic heterocycles. The predicted molar refractivity (Wildman–Crippen MR) is 63.6 cm³/mol. The molecule has 0 N–H and O–H groups in total. The van der Waals surface area contributed by atoms with E-state index in [2.05, 4.69) is 44.2 Å². The first-order chi connectivity index (χ1) is 6.95. The Kier molecular flexibility index (Phi) is 3.52. The monoisotopic (exact) mass is 201 g/mol. The maximum absolute atomic E-state index is 9.01. The van der Waals surface area contributed by atoms with Gasteiger partial charge in [-0.25, -0.2) is 0 Å². The largest absolute Gasteiger partial charge is 0.197 e. The highest BCUT2D eigenvalue weighted by molar-refractivity contribution is 5.32. The van der Waals surface area contributed by atoms with Crippen LogP contribution in [-0.4, -0.2) is 0 Å². The Labute approximate surface area is 92.7 Å². The summed E-state index contributed by atoms with van der Waals surface area (Å²) < 4.78 is 0. The Balaban J connectivity index is 2.87. The van der Waals surface area contributed by atoms with Crippen LogP contribution in [0.1, 0.15) is 38.8 Å². The molecular weight excluding hydrogens is 182 g/mol. The van der Waals surface area contributed by atoms with Crippen molar-refractivity contribution in [3.8, 4) is 6.07 Å². The van der Waals surface area contributed by atoms with Crippen molar-refractivity contribution in [2.24, 2.45) is 5.92 Å². The zero-order chi connectivity index (χ0) is 11.5. The quantitative estimate of drug-likeness (QED) is 0.731.